The lowest BCUT2D eigenvalue weighted by Crippen LogP contribution is -2.41. The van der Waals surface area contributed by atoms with E-state index in [1.165, 1.54) is 0 Å². The summed E-state index contributed by atoms with van der Waals surface area (Å²) in [6.07, 6.45) is 6.31. The molecule has 4 rings (SSSR count). The summed E-state index contributed by atoms with van der Waals surface area (Å²) in [7, 11) is 0. The number of para-hydroxylation sites is 1. The van der Waals surface area contributed by atoms with E-state index in [9.17, 15) is 14.4 Å². The van der Waals surface area contributed by atoms with Gasteiger partial charge in [-0.1, -0.05) is 12.1 Å². The van der Waals surface area contributed by atoms with Crippen LogP contribution in [0, 0.1) is 5.92 Å². The molecular formula is C20H23N7O3. The lowest BCUT2D eigenvalue weighted by Gasteiger charge is -2.28. The van der Waals surface area contributed by atoms with Crippen LogP contribution in [0.2, 0.25) is 0 Å². The molecule has 4 N–H and O–H groups in total. The van der Waals surface area contributed by atoms with Gasteiger partial charge in [0.15, 0.2) is 0 Å². The van der Waals surface area contributed by atoms with Gasteiger partial charge < -0.3 is 10.6 Å². The fourth-order valence-electron chi connectivity index (χ4n) is 3.74. The van der Waals surface area contributed by atoms with Crippen molar-refractivity contribution < 1.29 is 9.59 Å². The predicted octanol–water partition coefficient (Wildman–Crippen LogP) is 0.889. The SMILES string of the molecule is O=C(NC1CCC(C(=O)NCc2n[nH]c(=O)[nH]2)CC1)c1ccccc1-n1cccn1. The smallest absolute Gasteiger partial charge is 0.340 e. The highest BCUT2D eigenvalue weighted by Gasteiger charge is 2.27. The van der Waals surface area contributed by atoms with Gasteiger partial charge in [0.25, 0.3) is 5.91 Å². The minimum atomic E-state index is -0.398. The van der Waals surface area contributed by atoms with Crippen molar-refractivity contribution in [1.29, 1.82) is 0 Å². The van der Waals surface area contributed by atoms with Crippen molar-refractivity contribution in [3.63, 3.8) is 0 Å². The summed E-state index contributed by atoms with van der Waals surface area (Å²) in [6.45, 7) is 0.179. The Kier molecular flexibility index (Phi) is 5.73. The van der Waals surface area contributed by atoms with E-state index >= 15 is 0 Å². The molecule has 0 aliphatic heterocycles. The normalized spacial score (nSPS) is 18.7. The first-order valence-electron chi connectivity index (χ1n) is 9.91. The van der Waals surface area contributed by atoms with Crippen molar-refractivity contribution in [2.45, 2.75) is 38.3 Å². The van der Waals surface area contributed by atoms with Gasteiger partial charge in [-0.15, -0.1) is 0 Å². The lowest BCUT2D eigenvalue weighted by molar-refractivity contribution is -0.126. The molecule has 1 aliphatic rings. The number of hydrogen-bond acceptors (Lipinski definition) is 5. The van der Waals surface area contributed by atoms with E-state index in [1.54, 1.807) is 23.1 Å². The molecule has 2 aromatic heterocycles. The number of nitrogens with zero attached hydrogens (tertiary/aromatic N) is 3. The van der Waals surface area contributed by atoms with Gasteiger partial charge in [-0.3, -0.25) is 14.6 Å². The maximum Gasteiger partial charge on any atom is 0.340 e. The van der Waals surface area contributed by atoms with E-state index in [0.717, 1.165) is 18.5 Å². The third-order valence-electron chi connectivity index (χ3n) is 5.31. The minimum Gasteiger partial charge on any atom is -0.349 e. The van der Waals surface area contributed by atoms with Crippen LogP contribution in [0.5, 0.6) is 0 Å². The third kappa shape index (κ3) is 4.48. The number of H-pyrrole nitrogens is 2. The molecule has 1 aromatic carbocycles. The van der Waals surface area contributed by atoms with Gasteiger partial charge in [0.05, 0.1) is 17.8 Å². The number of aromatic amines is 2. The second-order valence-corrected chi connectivity index (χ2v) is 7.33. The standard InChI is InChI=1S/C20H23N7O3/c28-18(21-12-17-24-20(30)26-25-17)13-6-8-14(9-7-13)23-19(29)15-4-1-2-5-16(15)27-11-3-10-22-27/h1-5,10-11,13-14H,6-9,12H2,(H,21,28)(H,23,29)(H2,24,25,26,30). The number of hydrogen-bond donors (Lipinski definition) is 4. The van der Waals surface area contributed by atoms with Crippen molar-refractivity contribution in [1.82, 2.24) is 35.6 Å². The Labute approximate surface area is 172 Å². The average Bonchev–Trinajstić information content (AvgIpc) is 3.44. The molecule has 10 heteroatoms. The van der Waals surface area contributed by atoms with Crippen molar-refractivity contribution in [2.24, 2.45) is 5.92 Å². The first-order valence-corrected chi connectivity index (χ1v) is 9.91. The molecule has 0 atom stereocenters. The van der Waals surface area contributed by atoms with Crippen LogP contribution in [-0.4, -0.2) is 42.8 Å². The van der Waals surface area contributed by atoms with Gasteiger partial charge in [-0.05, 0) is 43.9 Å². The first kappa shape index (κ1) is 19.6. The summed E-state index contributed by atoms with van der Waals surface area (Å²) in [6, 6.07) is 9.17. The molecule has 10 nitrogen and oxygen atoms in total. The van der Waals surface area contributed by atoms with Gasteiger partial charge >= 0.3 is 5.69 Å². The number of carbonyl (C=O) groups excluding carboxylic acids is 2. The van der Waals surface area contributed by atoms with Gasteiger partial charge in [0.2, 0.25) is 5.91 Å². The average molecular weight is 409 g/mol. The van der Waals surface area contributed by atoms with E-state index in [4.69, 9.17) is 0 Å². The monoisotopic (exact) mass is 409 g/mol. The lowest BCUT2D eigenvalue weighted by atomic mass is 9.85. The minimum absolute atomic E-state index is 0.0231. The number of benzene rings is 1. The molecule has 2 heterocycles. The fraction of sp³-hybridized carbons (Fsp3) is 0.350. The second kappa shape index (κ2) is 8.76. The van der Waals surface area contributed by atoms with Gasteiger partial charge in [0, 0.05) is 24.4 Å². The summed E-state index contributed by atoms with van der Waals surface area (Å²) in [5, 5.41) is 16.1. The highest BCUT2D eigenvalue weighted by atomic mass is 16.2. The summed E-state index contributed by atoms with van der Waals surface area (Å²) < 4.78 is 1.67. The molecule has 3 aromatic rings. The zero-order chi connectivity index (χ0) is 20.9. The van der Waals surface area contributed by atoms with Crippen molar-refractivity contribution >= 4 is 11.8 Å². The van der Waals surface area contributed by atoms with Gasteiger partial charge in [0.1, 0.15) is 5.82 Å². The molecule has 30 heavy (non-hydrogen) atoms. The van der Waals surface area contributed by atoms with Crippen LogP contribution in [0.1, 0.15) is 41.9 Å². The van der Waals surface area contributed by atoms with E-state index < -0.39 is 5.69 Å². The maximum absolute atomic E-state index is 12.8. The number of rotatable bonds is 6. The number of carbonyl (C=O) groups is 2. The van der Waals surface area contributed by atoms with E-state index in [-0.39, 0.29) is 30.3 Å². The topological polar surface area (TPSA) is 138 Å². The molecule has 0 unspecified atom stereocenters. The summed E-state index contributed by atoms with van der Waals surface area (Å²) in [5.74, 6) is 0.0782. The quantitative estimate of drug-likeness (QED) is 0.479. The van der Waals surface area contributed by atoms with Crippen LogP contribution in [0.15, 0.2) is 47.5 Å². The van der Waals surface area contributed by atoms with Crippen molar-refractivity contribution in [2.75, 3.05) is 0 Å². The molecule has 0 bridgehead atoms. The first-order chi connectivity index (χ1) is 14.6. The molecule has 2 amide bonds. The Balaban J connectivity index is 1.29. The second-order valence-electron chi connectivity index (χ2n) is 7.33. The number of amides is 2. The summed E-state index contributed by atoms with van der Waals surface area (Å²) in [4.78, 5) is 38.7. The zero-order valence-corrected chi connectivity index (χ0v) is 16.3. The Morgan fingerprint density at radius 3 is 2.63 bits per heavy atom. The molecule has 0 saturated heterocycles. The van der Waals surface area contributed by atoms with Gasteiger partial charge in [-0.2, -0.15) is 10.2 Å². The highest BCUT2D eigenvalue weighted by molar-refractivity contribution is 5.97. The Hall–Kier alpha value is -3.69. The maximum atomic E-state index is 12.8. The predicted molar refractivity (Wildman–Crippen MR) is 108 cm³/mol. The molecule has 156 valence electrons. The molecule has 1 fully saturated rings. The zero-order valence-electron chi connectivity index (χ0n) is 16.3. The Morgan fingerprint density at radius 1 is 1.13 bits per heavy atom. The van der Waals surface area contributed by atoms with Crippen LogP contribution >= 0.6 is 0 Å². The fourth-order valence-corrected chi connectivity index (χ4v) is 3.74. The summed E-state index contributed by atoms with van der Waals surface area (Å²) >= 11 is 0. The van der Waals surface area contributed by atoms with Crippen LogP contribution in [0.3, 0.4) is 0 Å². The molecule has 0 spiro atoms. The van der Waals surface area contributed by atoms with Crippen LogP contribution in [0.25, 0.3) is 5.69 Å². The van der Waals surface area contributed by atoms with E-state index in [2.05, 4.69) is 30.9 Å². The Bertz CT molecular complexity index is 1060. The van der Waals surface area contributed by atoms with Crippen LogP contribution in [0.4, 0.5) is 0 Å². The van der Waals surface area contributed by atoms with Gasteiger partial charge in [-0.25, -0.2) is 14.6 Å². The molecule has 1 aliphatic carbocycles. The van der Waals surface area contributed by atoms with Crippen LogP contribution in [-0.2, 0) is 11.3 Å². The van der Waals surface area contributed by atoms with Crippen molar-refractivity contribution in [3.05, 3.63) is 64.6 Å². The Morgan fingerprint density at radius 2 is 1.93 bits per heavy atom. The van der Waals surface area contributed by atoms with E-state index in [1.807, 2.05) is 24.3 Å². The molecular weight excluding hydrogens is 386 g/mol. The number of nitrogens with one attached hydrogen (secondary N) is 4. The molecule has 1 saturated carbocycles. The summed E-state index contributed by atoms with van der Waals surface area (Å²) in [5.41, 5.74) is 0.892. The van der Waals surface area contributed by atoms with Crippen molar-refractivity contribution in [3.8, 4) is 5.69 Å². The molecule has 0 radical (unpaired) electrons. The number of aromatic nitrogens is 5. The highest BCUT2D eigenvalue weighted by Crippen LogP contribution is 2.25. The third-order valence-corrected chi connectivity index (χ3v) is 5.31. The largest absolute Gasteiger partial charge is 0.349 e. The van der Waals surface area contributed by atoms with E-state index in [0.29, 0.717) is 24.2 Å². The van der Waals surface area contributed by atoms with Crippen LogP contribution < -0.4 is 16.3 Å².